The fourth-order valence-corrected chi connectivity index (χ4v) is 5.40. The van der Waals surface area contributed by atoms with Gasteiger partial charge in [-0.2, -0.15) is 11.3 Å². The van der Waals surface area contributed by atoms with E-state index in [1.807, 2.05) is 0 Å². The molecule has 1 spiro atoms. The van der Waals surface area contributed by atoms with Crippen molar-refractivity contribution in [2.45, 2.75) is 38.3 Å². The van der Waals surface area contributed by atoms with Gasteiger partial charge in [-0.25, -0.2) is 0 Å². The second-order valence-electron chi connectivity index (χ2n) is 8.16. The summed E-state index contributed by atoms with van der Waals surface area (Å²) in [5.41, 5.74) is 1.50. The van der Waals surface area contributed by atoms with E-state index >= 15 is 0 Å². The fourth-order valence-electron chi connectivity index (χ4n) is 4.74. The zero-order valence-corrected chi connectivity index (χ0v) is 18.0. The SMILES string of the molecule is COCCN1CC(C(=O)N(Cc2ccsc2)C2CC23CCNCC3)CC1=O.Cl. The number of rotatable bonds is 7. The van der Waals surface area contributed by atoms with Crippen LogP contribution in [-0.2, 0) is 20.9 Å². The van der Waals surface area contributed by atoms with Crippen LogP contribution in [0.3, 0.4) is 0 Å². The molecule has 6 nitrogen and oxygen atoms in total. The van der Waals surface area contributed by atoms with Crippen LogP contribution in [0.15, 0.2) is 16.8 Å². The van der Waals surface area contributed by atoms with E-state index in [0.29, 0.717) is 44.1 Å². The summed E-state index contributed by atoms with van der Waals surface area (Å²) in [7, 11) is 1.64. The van der Waals surface area contributed by atoms with Gasteiger partial charge in [-0.1, -0.05) is 0 Å². The highest BCUT2D eigenvalue weighted by atomic mass is 35.5. The molecule has 1 aliphatic carbocycles. The normalized spacial score (nSPS) is 25.6. The standard InChI is InChI=1S/C20H29N3O3S.ClH/c1-26-8-7-22-13-16(10-18(22)24)19(25)23(12-15-2-9-27-14-15)17-11-20(17)3-5-21-6-4-20;/h2,9,14,16-17,21H,3-8,10-13H2,1H3;1H. The number of thiophene rings is 1. The summed E-state index contributed by atoms with van der Waals surface area (Å²) in [6.45, 7) is 4.38. The average molecular weight is 428 g/mol. The Labute approximate surface area is 177 Å². The molecule has 2 aliphatic heterocycles. The largest absolute Gasteiger partial charge is 0.383 e. The molecular weight excluding hydrogens is 398 g/mol. The predicted octanol–water partition coefficient (Wildman–Crippen LogP) is 2.14. The molecule has 2 unspecified atom stereocenters. The van der Waals surface area contributed by atoms with Crippen molar-refractivity contribution in [3.8, 4) is 0 Å². The number of hydrogen-bond acceptors (Lipinski definition) is 5. The van der Waals surface area contributed by atoms with Gasteiger partial charge in [0.05, 0.1) is 12.5 Å². The molecular formula is C20H30ClN3O3S. The van der Waals surface area contributed by atoms with Crippen LogP contribution >= 0.6 is 23.7 Å². The van der Waals surface area contributed by atoms with Crippen LogP contribution in [0.1, 0.15) is 31.2 Å². The fraction of sp³-hybridized carbons (Fsp3) is 0.700. The lowest BCUT2D eigenvalue weighted by Crippen LogP contribution is -2.42. The lowest BCUT2D eigenvalue weighted by Gasteiger charge is -2.31. The van der Waals surface area contributed by atoms with Crippen molar-refractivity contribution in [1.29, 1.82) is 0 Å². The number of nitrogens with zero attached hydrogens (tertiary/aromatic N) is 2. The molecule has 1 aromatic heterocycles. The Hall–Kier alpha value is -1.15. The lowest BCUT2D eigenvalue weighted by atomic mass is 9.93. The van der Waals surface area contributed by atoms with Gasteiger partial charge in [0.25, 0.3) is 0 Å². The third-order valence-electron chi connectivity index (χ3n) is 6.47. The second kappa shape index (κ2) is 9.11. The van der Waals surface area contributed by atoms with Gasteiger partial charge in [0.2, 0.25) is 11.8 Å². The van der Waals surface area contributed by atoms with Crippen LogP contribution in [0.25, 0.3) is 0 Å². The first kappa shape index (κ1) is 21.6. The summed E-state index contributed by atoms with van der Waals surface area (Å²) in [4.78, 5) is 29.6. The third-order valence-corrected chi connectivity index (χ3v) is 7.20. The smallest absolute Gasteiger partial charge is 0.228 e. The molecule has 0 aromatic carbocycles. The number of likely N-dealkylation sites (tertiary alicyclic amines) is 1. The number of halogens is 1. The van der Waals surface area contributed by atoms with E-state index in [1.165, 1.54) is 5.56 Å². The minimum atomic E-state index is -0.215. The van der Waals surface area contributed by atoms with Gasteiger partial charge in [0.1, 0.15) is 0 Å². The summed E-state index contributed by atoms with van der Waals surface area (Å²) < 4.78 is 5.09. The topological polar surface area (TPSA) is 61.9 Å². The summed E-state index contributed by atoms with van der Waals surface area (Å²) in [6, 6.07) is 2.43. The summed E-state index contributed by atoms with van der Waals surface area (Å²) in [6.07, 6.45) is 3.74. The molecule has 3 heterocycles. The first-order valence-corrected chi connectivity index (χ1v) is 10.9. The van der Waals surface area contributed by atoms with Crippen LogP contribution in [0.5, 0.6) is 0 Å². The van der Waals surface area contributed by atoms with Crippen LogP contribution in [0.4, 0.5) is 0 Å². The van der Waals surface area contributed by atoms with Crippen LogP contribution in [0, 0.1) is 11.3 Å². The van der Waals surface area contributed by atoms with Crippen LogP contribution in [0.2, 0.25) is 0 Å². The molecule has 4 rings (SSSR count). The maximum absolute atomic E-state index is 13.4. The van der Waals surface area contributed by atoms with Crippen molar-refractivity contribution in [1.82, 2.24) is 15.1 Å². The van der Waals surface area contributed by atoms with Crippen LogP contribution in [-0.4, -0.2) is 67.6 Å². The summed E-state index contributed by atoms with van der Waals surface area (Å²) in [5.74, 6) is 0.0236. The van der Waals surface area contributed by atoms with E-state index in [-0.39, 0.29) is 30.1 Å². The van der Waals surface area contributed by atoms with Crippen molar-refractivity contribution >= 4 is 35.6 Å². The highest BCUT2D eigenvalue weighted by Gasteiger charge is 2.58. The number of amides is 2. The molecule has 1 N–H and O–H groups in total. The Morgan fingerprint density at radius 3 is 2.89 bits per heavy atom. The molecule has 0 radical (unpaired) electrons. The van der Waals surface area contributed by atoms with Crippen molar-refractivity contribution in [2.24, 2.45) is 11.3 Å². The zero-order chi connectivity index (χ0) is 18.9. The van der Waals surface area contributed by atoms with E-state index in [2.05, 4.69) is 27.0 Å². The molecule has 2 atom stereocenters. The van der Waals surface area contributed by atoms with E-state index < -0.39 is 0 Å². The minimum Gasteiger partial charge on any atom is -0.383 e. The van der Waals surface area contributed by atoms with Gasteiger partial charge in [-0.15, -0.1) is 12.4 Å². The Kier molecular flexibility index (Phi) is 7.02. The van der Waals surface area contributed by atoms with Crippen molar-refractivity contribution in [3.63, 3.8) is 0 Å². The lowest BCUT2D eigenvalue weighted by molar-refractivity contribution is -0.137. The quantitative estimate of drug-likeness (QED) is 0.724. The monoisotopic (exact) mass is 427 g/mol. The maximum Gasteiger partial charge on any atom is 0.228 e. The molecule has 156 valence electrons. The van der Waals surface area contributed by atoms with Gasteiger partial charge in [0, 0.05) is 39.2 Å². The van der Waals surface area contributed by atoms with Gasteiger partial charge in [-0.3, -0.25) is 9.59 Å². The number of piperidine rings is 1. The molecule has 2 saturated heterocycles. The van der Waals surface area contributed by atoms with Crippen molar-refractivity contribution in [2.75, 3.05) is 39.9 Å². The maximum atomic E-state index is 13.4. The summed E-state index contributed by atoms with van der Waals surface area (Å²) >= 11 is 1.67. The number of hydrogen-bond donors (Lipinski definition) is 1. The van der Waals surface area contributed by atoms with Gasteiger partial charge < -0.3 is 19.9 Å². The average Bonchev–Trinajstić information content (AvgIpc) is 3.04. The van der Waals surface area contributed by atoms with E-state index in [0.717, 1.165) is 32.4 Å². The van der Waals surface area contributed by atoms with Gasteiger partial charge in [0.15, 0.2) is 0 Å². The highest BCUT2D eigenvalue weighted by molar-refractivity contribution is 7.07. The highest BCUT2D eigenvalue weighted by Crippen LogP contribution is 2.56. The molecule has 1 aromatic rings. The van der Waals surface area contributed by atoms with Crippen molar-refractivity contribution in [3.05, 3.63) is 22.4 Å². The summed E-state index contributed by atoms with van der Waals surface area (Å²) in [5, 5.41) is 7.63. The molecule has 1 saturated carbocycles. The minimum absolute atomic E-state index is 0. The Morgan fingerprint density at radius 2 is 2.21 bits per heavy atom. The number of carbonyl (C=O) groups excluding carboxylic acids is 2. The first-order valence-electron chi connectivity index (χ1n) is 9.92. The second-order valence-corrected chi connectivity index (χ2v) is 8.94. The zero-order valence-electron chi connectivity index (χ0n) is 16.4. The van der Waals surface area contributed by atoms with E-state index in [1.54, 1.807) is 23.3 Å². The third kappa shape index (κ3) is 4.37. The molecule has 2 amide bonds. The Balaban J connectivity index is 0.00000225. The molecule has 8 heteroatoms. The van der Waals surface area contributed by atoms with E-state index in [4.69, 9.17) is 4.74 Å². The molecule has 28 heavy (non-hydrogen) atoms. The van der Waals surface area contributed by atoms with Crippen LogP contribution < -0.4 is 5.32 Å². The van der Waals surface area contributed by atoms with Crippen molar-refractivity contribution < 1.29 is 14.3 Å². The molecule has 0 bridgehead atoms. The molecule has 3 fully saturated rings. The number of nitrogens with one attached hydrogen (secondary N) is 1. The van der Waals surface area contributed by atoms with Gasteiger partial charge >= 0.3 is 0 Å². The predicted molar refractivity (Wildman–Crippen MR) is 112 cm³/mol. The Bertz CT molecular complexity index is 678. The number of carbonyl (C=O) groups is 2. The van der Waals surface area contributed by atoms with E-state index in [9.17, 15) is 9.59 Å². The number of methoxy groups -OCH3 is 1. The first-order chi connectivity index (χ1) is 13.1. The number of ether oxygens (including phenoxy) is 1. The van der Waals surface area contributed by atoms with Gasteiger partial charge in [-0.05, 0) is 60.2 Å². The molecule has 3 aliphatic rings. The Morgan fingerprint density at radius 1 is 1.43 bits per heavy atom.